The topological polar surface area (TPSA) is 91.0 Å². The second-order valence-electron chi connectivity index (χ2n) is 7.68. The number of hydrogen-bond acceptors (Lipinski definition) is 4. The first kappa shape index (κ1) is 17.6. The van der Waals surface area contributed by atoms with Crippen LogP contribution in [-0.4, -0.2) is 40.1 Å². The smallest absolute Gasteiger partial charge is 0.291 e. The number of amides is 2. The zero-order valence-electron chi connectivity index (χ0n) is 16.0. The second-order valence-corrected chi connectivity index (χ2v) is 7.68. The Labute approximate surface area is 168 Å². The fraction of sp³-hybridized carbons (Fsp3) is 0.273. The van der Waals surface area contributed by atoms with Gasteiger partial charge in [0.05, 0.1) is 0 Å². The van der Waals surface area contributed by atoms with Gasteiger partial charge in [0.2, 0.25) is 11.7 Å². The Kier molecular flexibility index (Phi) is 4.16. The fourth-order valence-corrected chi connectivity index (χ4v) is 4.20. The predicted octanol–water partition coefficient (Wildman–Crippen LogP) is 2.27. The van der Waals surface area contributed by atoms with Gasteiger partial charge >= 0.3 is 0 Å². The molecule has 2 amide bonds. The van der Waals surface area contributed by atoms with E-state index < -0.39 is 11.9 Å². The number of carbonyl (C=O) groups excluding carboxylic acids is 2. The molecule has 0 bridgehead atoms. The number of hydrogen-bond donors (Lipinski definition) is 2. The molecular formula is C22H21N5O2. The van der Waals surface area contributed by atoms with Crippen molar-refractivity contribution in [3.63, 3.8) is 0 Å². The zero-order valence-corrected chi connectivity index (χ0v) is 16.0. The lowest BCUT2D eigenvalue weighted by Crippen LogP contribution is -2.48. The van der Waals surface area contributed by atoms with Crippen molar-refractivity contribution in [1.82, 2.24) is 20.5 Å². The van der Waals surface area contributed by atoms with Crippen LogP contribution in [0.15, 0.2) is 54.6 Å². The first-order valence-corrected chi connectivity index (χ1v) is 9.74. The van der Waals surface area contributed by atoms with E-state index in [1.807, 2.05) is 48.5 Å². The largest absolute Gasteiger partial charge is 0.337 e. The third kappa shape index (κ3) is 3.18. The number of rotatable bonds is 4. The maximum absolute atomic E-state index is 13.0. The number of likely N-dealkylation sites (N-methyl/N-ethyl adjacent to an activating group) is 1. The molecule has 1 aliphatic heterocycles. The van der Waals surface area contributed by atoms with Crippen LogP contribution in [0.3, 0.4) is 0 Å². The van der Waals surface area contributed by atoms with E-state index in [2.05, 4.69) is 26.6 Å². The highest BCUT2D eigenvalue weighted by Crippen LogP contribution is 2.54. The fourth-order valence-electron chi connectivity index (χ4n) is 4.20. The zero-order chi connectivity index (χ0) is 20.0. The van der Waals surface area contributed by atoms with E-state index in [9.17, 15) is 9.59 Å². The minimum Gasteiger partial charge on any atom is -0.337 e. The number of nitrogens with zero attached hydrogens (tertiary/aromatic N) is 3. The van der Waals surface area contributed by atoms with Crippen LogP contribution in [0.5, 0.6) is 0 Å². The van der Waals surface area contributed by atoms with E-state index in [1.165, 1.54) is 5.56 Å². The highest BCUT2D eigenvalue weighted by Gasteiger charge is 2.51. The lowest BCUT2D eigenvalue weighted by molar-refractivity contribution is -0.120. The maximum atomic E-state index is 13.0. The predicted molar refractivity (Wildman–Crippen MR) is 108 cm³/mol. The average molecular weight is 387 g/mol. The summed E-state index contributed by atoms with van der Waals surface area (Å²) in [4.78, 5) is 31.7. The van der Waals surface area contributed by atoms with Crippen LogP contribution in [0.25, 0.3) is 0 Å². The molecule has 1 aliphatic carbocycles. The molecule has 2 N–H and O–H groups in total. The summed E-state index contributed by atoms with van der Waals surface area (Å²) in [6.45, 7) is 0. The minimum absolute atomic E-state index is 0.0605. The van der Waals surface area contributed by atoms with E-state index >= 15 is 0 Å². The Morgan fingerprint density at radius 1 is 1.17 bits per heavy atom. The molecule has 3 atom stereocenters. The molecule has 146 valence electrons. The van der Waals surface area contributed by atoms with Crippen LogP contribution < -0.4 is 10.2 Å². The van der Waals surface area contributed by atoms with Gasteiger partial charge in [0.1, 0.15) is 11.9 Å². The van der Waals surface area contributed by atoms with E-state index in [4.69, 9.17) is 0 Å². The normalized spacial score (nSPS) is 22.4. The molecule has 0 saturated heterocycles. The number of anilines is 1. The Hall–Kier alpha value is -3.48. The quantitative estimate of drug-likeness (QED) is 0.719. The summed E-state index contributed by atoms with van der Waals surface area (Å²) in [5.41, 5.74) is 3.17. The molecule has 3 unspecified atom stereocenters. The van der Waals surface area contributed by atoms with E-state index in [0.29, 0.717) is 18.2 Å². The van der Waals surface area contributed by atoms with Gasteiger partial charge in [0.25, 0.3) is 5.91 Å². The number of H-pyrrole nitrogens is 1. The van der Waals surface area contributed by atoms with E-state index in [-0.39, 0.29) is 17.6 Å². The van der Waals surface area contributed by atoms with Gasteiger partial charge in [-0.1, -0.05) is 48.5 Å². The molecule has 7 heteroatoms. The SMILES string of the molecule is CN1C(=O)C(NC(=O)c2n[nH]c(Cc3ccccc3)n2)C2CC2c2ccccc21. The molecule has 7 nitrogen and oxygen atoms in total. The molecule has 1 fully saturated rings. The molecule has 0 radical (unpaired) electrons. The third-order valence-corrected chi connectivity index (χ3v) is 5.80. The lowest BCUT2D eigenvalue weighted by atomic mass is 10.1. The van der Waals surface area contributed by atoms with E-state index in [1.54, 1.807) is 11.9 Å². The first-order valence-electron chi connectivity index (χ1n) is 9.74. The van der Waals surface area contributed by atoms with Crippen LogP contribution in [0, 0.1) is 5.92 Å². The first-order chi connectivity index (χ1) is 14.1. The van der Waals surface area contributed by atoms with Crippen LogP contribution in [0.1, 0.15) is 39.9 Å². The highest BCUT2D eigenvalue weighted by molar-refractivity contribution is 6.03. The van der Waals surface area contributed by atoms with Crippen molar-refractivity contribution in [3.8, 4) is 0 Å². The number of nitrogens with one attached hydrogen (secondary N) is 2. The molecule has 1 saturated carbocycles. The van der Waals surface area contributed by atoms with Gasteiger partial charge in [0.15, 0.2) is 0 Å². The molecule has 2 heterocycles. The third-order valence-electron chi connectivity index (χ3n) is 5.80. The standard InChI is InChI=1S/C22H21N5O2/c1-27-17-10-6-5-9-14(17)15-12-16(15)19(22(27)29)24-21(28)20-23-18(25-26-20)11-13-7-3-2-4-8-13/h2-10,15-16,19H,11-12H2,1H3,(H,24,28)(H,23,25,26). The number of aromatic nitrogens is 3. The number of aromatic amines is 1. The molecule has 29 heavy (non-hydrogen) atoms. The van der Waals surface area contributed by atoms with Gasteiger partial charge in [-0.25, -0.2) is 4.98 Å². The minimum atomic E-state index is -0.569. The Morgan fingerprint density at radius 2 is 1.93 bits per heavy atom. The molecule has 3 aromatic rings. The summed E-state index contributed by atoms with van der Waals surface area (Å²) >= 11 is 0. The van der Waals surface area contributed by atoms with Crippen molar-refractivity contribution in [3.05, 3.63) is 77.4 Å². The molecule has 5 rings (SSSR count). The van der Waals surface area contributed by atoms with Crippen molar-refractivity contribution in [2.24, 2.45) is 5.92 Å². The highest BCUT2D eigenvalue weighted by atomic mass is 16.2. The van der Waals surface area contributed by atoms with Crippen molar-refractivity contribution < 1.29 is 9.59 Å². The van der Waals surface area contributed by atoms with E-state index in [0.717, 1.165) is 17.7 Å². The van der Waals surface area contributed by atoms with Crippen LogP contribution >= 0.6 is 0 Å². The molecule has 2 aliphatic rings. The molecule has 2 aromatic carbocycles. The number of fused-ring (bicyclic) bond motifs is 3. The summed E-state index contributed by atoms with van der Waals surface area (Å²) in [7, 11) is 1.76. The summed E-state index contributed by atoms with van der Waals surface area (Å²) in [6.07, 6.45) is 1.46. The van der Waals surface area contributed by atoms with Crippen molar-refractivity contribution in [2.75, 3.05) is 11.9 Å². The number of benzene rings is 2. The van der Waals surface area contributed by atoms with Gasteiger partial charge in [-0.3, -0.25) is 14.7 Å². The van der Waals surface area contributed by atoms with Crippen molar-refractivity contribution in [1.29, 1.82) is 0 Å². The summed E-state index contributed by atoms with van der Waals surface area (Å²) < 4.78 is 0. The summed E-state index contributed by atoms with van der Waals surface area (Å²) in [5, 5.41) is 9.76. The molecular weight excluding hydrogens is 366 g/mol. The van der Waals surface area contributed by atoms with Gasteiger partial charge in [-0.15, -0.1) is 5.10 Å². The van der Waals surface area contributed by atoms with Gasteiger partial charge in [0, 0.05) is 19.2 Å². The van der Waals surface area contributed by atoms with Crippen molar-refractivity contribution >= 4 is 17.5 Å². The Morgan fingerprint density at radius 3 is 2.76 bits per heavy atom. The molecule has 0 spiro atoms. The Balaban J connectivity index is 1.32. The second kappa shape index (κ2) is 6.84. The maximum Gasteiger partial charge on any atom is 0.291 e. The monoisotopic (exact) mass is 387 g/mol. The summed E-state index contributed by atoms with van der Waals surface area (Å²) in [5.74, 6) is 0.555. The van der Waals surface area contributed by atoms with Crippen LogP contribution in [-0.2, 0) is 11.2 Å². The van der Waals surface area contributed by atoms with Gasteiger partial charge < -0.3 is 10.2 Å². The number of para-hydroxylation sites is 1. The van der Waals surface area contributed by atoms with Crippen molar-refractivity contribution in [2.45, 2.75) is 24.8 Å². The molecule has 1 aromatic heterocycles. The van der Waals surface area contributed by atoms with Crippen LogP contribution in [0.2, 0.25) is 0 Å². The summed E-state index contributed by atoms with van der Waals surface area (Å²) in [6, 6.07) is 17.2. The van der Waals surface area contributed by atoms with Gasteiger partial charge in [-0.05, 0) is 35.4 Å². The average Bonchev–Trinajstić information content (AvgIpc) is 3.41. The van der Waals surface area contributed by atoms with Gasteiger partial charge in [-0.2, -0.15) is 0 Å². The number of carbonyl (C=O) groups is 2. The lowest BCUT2D eigenvalue weighted by Gasteiger charge is -2.23. The Bertz CT molecular complexity index is 1080. The van der Waals surface area contributed by atoms with Crippen LogP contribution in [0.4, 0.5) is 5.69 Å².